The summed E-state index contributed by atoms with van der Waals surface area (Å²) in [7, 11) is 0. The minimum Gasteiger partial charge on any atom is -0.489 e. The van der Waals surface area contributed by atoms with Crippen molar-refractivity contribution in [3.8, 4) is 5.75 Å². The molecule has 1 saturated heterocycles. The number of amides is 1. The van der Waals surface area contributed by atoms with Gasteiger partial charge in [0.05, 0.1) is 11.6 Å². The van der Waals surface area contributed by atoms with Gasteiger partial charge in [-0.3, -0.25) is 9.36 Å². The molecule has 1 aromatic carbocycles. The van der Waals surface area contributed by atoms with Crippen LogP contribution in [-0.2, 0) is 4.79 Å². The highest BCUT2D eigenvalue weighted by atomic mass is 16.5. The highest BCUT2D eigenvalue weighted by molar-refractivity contribution is 5.88. The van der Waals surface area contributed by atoms with Crippen molar-refractivity contribution in [1.29, 1.82) is 0 Å². The Labute approximate surface area is 123 Å². The highest BCUT2D eigenvalue weighted by Crippen LogP contribution is 2.32. The van der Waals surface area contributed by atoms with Crippen LogP contribution in [0.25, 0.3) is 11.0 Å². The minimum atomic E-state index is -0.293. The van der Waals surface area contributed by atoms with E-state index in [9.17, 15) is 4.79 Å². The lowest BCUT2D eigenvalue weighted by atomic mass is 10.1. The van der Waals surface area contributed by atoms with E-state index in [2.05, 4.69) is 10.3 Å². The van der Waals surface area contributed by atoms with E-state index in [0.717, 1.165) is 24.9 Å². The molecule has 3 rings (SSSR count). The summed E-state index contributed by atoms with van der Waals surface area (Å²) in [5.74, 6) is 1.05. The van der Waals surface area contributed by atoms with Gasteiger partial charge in [0.1, 0.15) is 17.3 Å². The Bertz CT molecular complexity index is 678. The van der Waals surface area contributed by atoms with Gasteiger partial charge in [0, 0.05) is 6.54 Å². The first-order chi connectivity index (χ1) is 10.1. The van der Waals surface area contributed by atoms with E-state index in [1.54, 1.807) is 0 Å². The molecule has 21 heavy (non-hydrogen) atoms. The second kappa shape index (κ2) is 5.27. The quantitative estimate of drug-likeness (QED) is 0.903. The molecule has 2 aromatic rings. The van der Waals surface area contributed by atoms with Crippen molar-refractivity contribution in [3.63, 3.8) is 0 Å². The fraction of sp³-hybridized carbons (Fsp3) is 0.467. The average molecular weight is 288 g/mol. The van der Waals surface area contributed by atoms with E-state index >= 15 is 0 Å². The molecule has 1 aliphatic heterocycles. The molecule has 1 aliphatic rings. The summed E-state index contributed by atoms with van der Waals surface area (Å²) in [5, 5.41) is 2.88. The summed E-state index contributed by atoms with van der Waals surface area (Å²) in [6.07, 6.45) is 1.77. The minimum absolute atomic E-state index is 0.00225. The monoisotopic (exact) mass is 288 g/mol. The summed E-state index contributed by atoms with van der Waals surface area (Å²) < 4.78 is 7.59. The highest BCUT2D eigenvalue weighted by Gasteiger charge is 2.27. The fourth-order valence-electron chi connectivity index (χ4n) is 2.79. The normalized spacial score (nSPS) is 19.0. The number of rotatable bonds is 3. The number of nitrogens with zero attached hydrogens (tertiary/aromatic N) is 2. The summed E-state index contributed by atoms with van der Waals surface area (Å²) in [5.41, 5.74) is 7.61. The average Bonchev–Trinajstić information content (AvgIpc) is 2.76. The molecule has 112 valence electrons. The molecular weight excluding hydrogens is 268 g/mol. The van der Waals surface area contributed by atoms with Crippen LogP contribution in [-0.4, -0.2) is 28.1 Å². The third kappa shape index (κ3) is 2.41. The third-order valence-corrected chi connectivity index (χ3v) is 3.64. The Morgan fingerprint density at radius 2 is 2.29 bits per heavy atom. The molecule has 1 atom stereocenters. The molecule has 1 amide bonds. The molecule has 0 saturated carbocycles. The maximum absolute atomic E-state index is 12.1. The van der Waals surface area contributed by atoms with Gasteiger partial charge in [-0.25, -0.2) is 4.98 Å². The first-order valence-corrected chi connectivity index (χ1v) is 7.28. The summed E-state index contributed by atoms with van der Waals surface area (Å²) in [6.45, 7) is 4.66. The number of ether oxygens (including phenoxy) is 1. The number of piperidine rings is 1. The predicted octanol–water partition coefficient (Wildman–Crippen LogP) is 1.86. The van der Waals surface area contributed by atoms with E-state index in [-0.39, 0.29) is 18.1 Å². The second-order valence-electron chi connectivity index (χ2n) is 5.58. The van der Waals surface area contributed by atoms with Crippen LogP contribution in [0, 0.1) is 0 Å². The van der Waals surface area contributed by atoms with Gasteiger partial charge in [-0.2, -0.15) is 0 Å². The SMILES string of the molecule is CC(C)Oc1cccc2c1nc(N)n2C1CCCNC1=O. The van der Waals surface area contributed by atoms with Crippen molar-refractivity contribution in [1.82, 2.24) is 14.9 Å². The molecular formula is C15H20N4O2. The molecule has 0 radical (unpaired) electrons. The molecule has 1 fully saturated rings. The number of hydrogen-bond acceptors (Lipinski definition) is 4. The maximum Gasteiger partial charge on any atom is 0.243 e. The number of fused-ring (bicyclic) bond motifs is 1. The van der Waals surface area contributed by atoms with Crippen LogP contribution >= 0.6 is 0 Å². The number of hydrogen-bond donors (Lipinski definition) is 2. The molecule has 3 N–H and O–H groups in total. The Hall–Kier alpha value is -2.24. The van der Waals surface area contributed by atoms with Gasteiger partial charge in [0.15, 0.2) is 0 Å². The Balaban J connectivity index is 2.11. The van der Waals surface area contributed by atoms with Crippen LogP contribution < -0.4 is 15.8 Å². The third-order valence-electron chi connectivity index (χ3n) is 3.64. The standard InChI is InChI=1S/C15H20N4O2/c1-9(2)21-12-7-3-5-10-13(12)18-15(16)19(10)11-6-4-8-17-14(11)20/h3,5,7,9,11H,4,6,8H2,1-2H3,(H2,16,18)(H,17,20). The van der Waals surface area contributed by atoms with Crippen LogP contribution in [0.1, 0.15) is 32.7 Å². The molecule has 2 heterocycles. The summed E-state index contributed by atoms with van der Waals surface area (Å²) in [6, 6.07) is 5.41. The van der Waals surface area contributed by atoms with E-state index in [1.165, 1.54) is 0 Å². The van der Waals surface area contributed by atoms with Gasteiger partial charge in [-0.1, -0.05) is 6.07 Å². The molecule has 1 unspecified atom stereocenters. The zero-order valence-corrected chi connectivity index (χ0v) is 12.3. The number of carbonyl (C=O) groups excluding carboxylic acids is 1. The Morgan fingerprint density at radius 1 is 1.48 bits per heavy atom. The molecule has 0 spiro atoms. The molecule has 0 bridgehead atoms. The zero-order chi connectivity index (χ0) is 15.0. The number of imidazole rings is 1. The van der Waals surface area contributed by atoms with Crippen molar-refractivity contribution < 1.29 is 9.53 Å². The number of carbonyl (C=O) groups is 1. The molecule has 6 heteroatoms. The number of benzene rings is 1. The Kier molecular flexibility index (Phi) is 3.45. The van der Waals surface area contributed by atoms with Gasteiger partial charge in [0.25, 0.3) is 0 Å². The van der Waals surface area contributed by atoms with Crippen molar-refractivity contribution >= 4 is 22.9 Å². The van der Waals surface area contributed by atoms with Crippen molar-refractivity contribution in [3.05, 3.63) is 18.2 Å². The van der Waals surface area contributed by atoms with Gasteiger partial charge in [-0.05, 0) is 38.8 Å². The number of anilines is 1. The number of nitrogens with one attached hydrogen (secondary N) is 1. The summed E-state index contributed by atoms with van der Waals surface area (Å²) >= 11 is 0. The van der Waals surface area contributed by atoms with Crippen molar-refractivity contribution in [2.24, 2.45) is 0 Å². The number of para-hydroxylation sites is 1. The lowest BCUT2D eigenvalue weighted by Crippen LogP contribution is -2.38. The largest absolute Gasteiger partial charge is 0.489 e. The number of nitrogens with two attached hydrogens (primary N) is 1. The van der Waals surface area contributed by atoms with Gasteiger partial charge >= 0.3 is 0 Å². The van der Waals surface area contributed by atoms with E-state index < -0.39 is 0 Å². The first-order valence-electron chi connectivity index (χ1n) is 7.28. The Morgan fingerprint density at radius 3 is 3.00 bits per heavy atom. The van der Waals surface area contributed by atoms with Crippen LogP contribution in [0.5, 0.6) is 5.75 Å². The van der Waals surface area contributed by atoms with Crippen LogP contribution in [0.2, 0.25) is 0 Å². The van der Waals surface area contributed by atoms with Gasteiger partial charge in [0.2, 0.25) is 11.9 Å². The van der Waals surface area contributed by atoms with Crippen LogP contribution in [0.3, 0.4) is 0 Å². The van der Waals surface area contributed by atoms with E-state index in [1.807, 2.05) is 36.6 Å². The zero-order valence-electron chi connectivity index (χ0n) is 12.3. The lowest BCUT2D eigenvalue weighted by Gasteiger charge is -2.24. The predicted molar refractivity (Wildman–Crippen MR) is 81.2 cm³/mol. The first kappa shape index (κ1) is 13.7. The lowest BCUT2D eigenvalue weighted by molar-refractivity contribution is -0.125. The number of nitrogen functional groups attached to an aromatic ring is 1. The van der Waals surface area contributed by atoms with Gasteiger partial charge < -0.3 is 15.8 Å². The van der Waals surface area contributed by atoms with Crippen LogP contribution in [0.4, 0.5) is 5.95 Å². The summed E-state index contributed by atoms with van der Waals surface area (Å²) in [4.78, 5) is 16.5. The second-order valence-corrected chi connectivity index (χ2v) is 5.58. The van der Waals surface area contributed by atoms with Gasteiger partial charge in [-0.15, -0.1) is 0 Å². The molecule has 6 nitrogen and oxygen atoms in total. The van der Waals surface area contributed by atoms with E-state index in [0.29, 0.717) is 17.2 Å². The molecule has 1 aromatic heterocycles. The molecule has 0 aliphatic carbocycles. The van der Waals surface area contributed by atoms with E-state index in [4.69, 9.17) is 10.5 Å². The topological polar surface area (TPSA) is 82.2 Å². The fourth-order valence-corrected chi connectivity index (χ4v) is 2.79. The van der Waals surface area contributed by atoms with Crippen LogP contribution in [0.15, 0.2) is 18.2 Å². The van der Waals surface area contributed by atoms with Crippen molar-refractivity contribution in [2.75, 3.05) is 12.3 Å². The van der Waals surface area contributed by atoms with Crippen molar-refractivity contribution in [2.45, 2.75) is 38.8 Å². The smallest absolute Gasteiger partial charge is 0.243 e. The number of aromatic nitrogens is 2. The maximum atomic E-state index is 12.1.